The molecule has 1 unspecified atom stereocenters. The van der Waals surface area contributed by atoms with Gasteiger partial charge < -0.3 is 19.4 Å². The van der Waals surface area contributed by atoms with Gasteiger partial charge in [0, 0.05) is 43.5 Å². The van der Waals surface area contributed by atoms with Crippen molar-refractivity contribution in [3.63, 3.8) is 0 Å². The van der Waals surface area contributed by atoms with Gasteiger partial charge in [-0.15, -0.1) is 0 Å². The molecule has 0 saturated carbocycles. The molecule has 1 aromatic heterocycles. The molecular weight excluding hydrogens is 540 g/mol. The van der Waals surface area contributed by atoms with E-state index in [4.69, 9.17) is 21.1 Å². The highest BCUT2D eigenvalue weighted by atomic mass is 35.5. The molecule has 0 spiro atoms. The van der Waals surface area contributed by atoms with E-state index in [1.807, 2.05) is 6.07 Å². The molecule has 3 heterocycles. The van der Waals surface area contributed by atoms with E-state index in [9.17, 15) is 18.4 Å². The van der Waals surface area contributed by atoms with Crippen molar-refractivity contribution >= 4 is 28.4 Å². The molecule has 7 nitrogen and oxygen atoms in total. The molecule has 10 heteroatoms. The van der Waals surface area contributed by atoms with Crippen LogP contribution in [0.2, 0.25) is 5.02 Å². The summed E-state index contributed by atoms with van der Waals surface area (Å²) in [7, 11) is 0. The number of nitrogens with one attached hydrogen (secondary N) is 1. The second-order valence-electron chi connectivity index (χ2n) is 10.0. The van der Waals surface area contributed by atoms with Crippen LogP contribution < -0.4 is 15.5 Å². The summed E-state index contributed by atoms with van der Waals surface area (Å²) in [6.07, 6.45) is 0.769. The van der Waals surface area contributed by atoms with Crippen LogP contribution in [0.15, 0.2) is 65.6 Å². The average molecular weight is 566 g/mol. The fraction of sp³-hybridized carbons (Fsp3) is 0.267. The maximum absolute atomic E-state index is 14.1. The van der Waals surface area contributed by atoms with Crippen LogP contribution >= 0.6 is 11.6 Å². The predicted molar refractivity (Wildman–Crippen MR) is 147 cm³/mol. The molecule has 4 aromatic rings. The molecule has 3 aromatic carbocycles. The first kappa shape index (κ1) is 26.4. The molecule has 6 rings (SSSR count). The lowest BCUT2D eigenvalue weighted by Gasteiger charge is -2.30. The largest absolute Gasteiger partial charge is 0.482 e. The molecule has 1 N–H and O–H groups in total. The van der Waals surface area contributed by atoms with E-state index in [0.29, 0.717) is 47.0 Å². The number of amides is 1. The minimum absolute atomic E-state index is 0.0259. The Balaban J connectivity index is 1.40. The van der Waals surface area contributed by atoms with Crippen molar-refractivity contribution in [2.45, 2.75) is 25.7 Å². The molecule has 0 radical (unpaired) electrons. The summed E-state index contributed by atoms with van der Waals surface area (Å²) in [6, 6.07) is 14.0. The van der Waals surface area contributed by atoms with Crippen LogP contribution in [-0.4, -0.2) is 41.7 Å². The predicted octanol–water partition coefficient (Wildman–Crippen LogP) is 4.83. The van der Waals surface area contributed by atoms with Gasteiger partial charge in [0.1, 0.15) is 29.1 Å². The Morgan fingerprint density at radius 2 is 1.73 bits per heavy atom. The molecule has 1 amide bonds. The highest BCUT2D eigenvalue weighted by molar-refractivity contribution is 6.30. The summed E-state index contributed by atoms with van der Waals surface area (Å²) < 4.78 is 41.6. The Kier molecular flexibility index (Phi) is 7.27. The Morgan fingerprint density at radius 1 is 1.00 bits per heavy atom. The number of halogens is 3. The second kappa shape index (κ2) is 11.0. The molecule has 0 bridgehead atoms. The van der Waals surface area contributed by atoms with Gasteiger partial charge in [0.2, 0.25) is 5.43 Å². The maximum atomic E-state index is 14.1. The van der Waals surface area contributed by atoms with E-state index in [2.05, 4.69) is 10.2 Å². The molecule has 1 saturated heterocycles. The summed E-state index contributed by atoms with van der Waals surface area (Å²) >= 11 is 5.95. The van der Waals surface area contributed by atoms with Gasteiger partial charge in [-0.3, -0.25) is 14.5 Å². The molecule has 206 valence electrons. The SMILES string of the molecule is O=C(NCc1ccc(Cl)cc1)c1cn2c3c(cc(CN4CCOCC4)cc3c1=O)OC(c1cc(F)cc(F)c1)C2. The Hall–Kier alpha value is -3.79. The van der Waals surface area contributed by atoms with Crippen molar-refractivity contribution in [1.29, 1.82) is 0 Å². The number of carbonyl (C=O) groups is 1. The van der Waals surface area contributed by atoms with Crippen molar-refractivity contribution in [1.82, 2.24) is 14.8 Å². The highest BCUT2D eigenvalue weighted by Crippen LogP contribution is 2.37. The fourth-order valence-electron chi connectivity index (χ4n) is 5.25. The van der Waals surface area contributed by atoms with E-state index in [1.165, 1.54) is 18.3 Å². The third kappa shape index (κ3) is 5.45. The zero-order chi connectivity index (χ0) is 27.8. The number of ether oxygens (including phenoxy) is 2. The normalized spacial score (nSPS) is 17.0. The maximum Gasteiger partial charge on any atom is 0.257 e. The highest BCUT2D eigenvalue weighted by Gasteiger charge is 2.28. The van der Waals surface area contributed by atoms with Gasteiger partial charge >= 0.3 is 0 Å². The number of morpholine rings is 1. The number of pyridine rings is 1. The van der Waals surface area contributed by atoms with Gasteiger partial charge in [-0.25, -0.2) is 8.78 Å². The number of benzene rings is 3. The van der Waals surface area contributed by atoms with Crippen LogP contribution in [0.5, 0.6) is 5.75 Å². The first-order valence-corrected chi connectivity index (χ1v) is 13.4. The fourth-order valence-corrected chi connectivity index (χ4v) is 5.37. The summed E-state index contributed by atoms with van der Waals surface area (Å²) in [5.74, 6) is -1.52. The van der Waals surface area contributed by atoms with Crippen molar-refractivity contribution in [2.24, 2.45) is 0 Å². The van der Waals surface area contributed by atoms with Gasteiger partial charge in [0.25, 0.3) is 5.91 Å². The van der Waals surface area contributed by atoms with E-state index in [0.717, 1.165) is 30.3 Å². The van der Waals surface area contributed by atoms with Gasteiger partial charge in [0.05, 0.1) is 30.7 Å². The van der Waals surface area contributed by atoms with Gasteiger partial charge in [-0.1, -0.05) is 23.7 Å². The van der Waals surface area contributed by atoms with Crippen molar-refractivity contribution in [3.05, 3.63) is 110 Å². The van der Waals surface area contributed by atoms with Crippen LogP contribution in [-0.2, 0) is 24.4 Å². The van der Waals surface area contributed by atoms with E-state index < -0.39 is 29.1 Å². The first-order chi connectivity index (χ1) is 19.3. The average Bonchev–Trinajstić information content (AvgIpc) is 2.94. The minimum atomic E-state index is -0.730. The number of aromatic nitrogens is 1. The summed E-state index contributed by atoms with van der Waals surface area (Å²) in [4.78, 5) is 29.1. The molecule has 40 heavy (non-hydrogen) atoms. The van der Waals surface area contributed by atoms with Crippen molar-refractivity contribution < 1.29 is 23.0 Å². The van der Waals surface area contributed by atoms with Gasteiger partial charge in [-0.05, 0) is 53.1 Å². The first-order valence-electron chi connectivity index (χ1n) is 13.0. The zero-order valence-electron chi connectivity index (χ0n) is 21.5. The second-order valence-corrected chi connectivity index (χ2v) is 10.5. The Morgan fingerprint density at radius 3 is 2.45 bits per heavy atom. The quantitative estimate of drug-likeness (QED) is 0.363. The minimum Gasteiger partial charge on any atom is -0.482 e. The number of carbonyl (C=O) groups excluding carboxylic acids is 1. The smallest absolute Gasteiger partial charge is 0.257 e. The van der Waals surface area contributed by atoms with Gasteiger partial charge in [0.15, 0.2) is 0 Å². The van der Waals surface area contributed by atoms with Crippen LogP contribution in [0.3, 0.4) is 0 Å². The van der Waals surface area contributed by atoms with Crippen LogP contribution in [0, 0.1) is 11.6 Å². The molecule has 2 aliphatic rings. The number of hydrogen-bond donors (Lipinski definition) is 1. The molecule has 2 aliphatic heterocycles. The standard InChI is InChI=1S/C30H26ClF2N3O4/c31-21-3-1-18(2-4-21)14-34-30(38)25-16-36-17-27(20-11-22(32)13-23(33)12-20)40-26-10-19(9-24(28(26)36)29(25)37)15-35-5-7-39-8-6-35/h1-4,9-13,16,27H,5-8,14-15,17H2,(H,34,38). The number of hydrogen-bond acceptors (Lipinski definition) is 5. The van der Waals surface area contributed by atoms with E-state index >= 15 is 0 Å². The summed E-state index contributed by atoms with van der Waals surface area (Å²) in [5, 5.41) is 3.75. The third-order valence-electron chi connectivity index (χ3n) is 7.21. The summed E-state index contributed by atoms with van der Waals surface area (Å²) in [6.45, 7) is 3.66. The number of rotatable bonds is 6. The monoisotopic (exact) mass is 565 g/mol. The third-order valence-corrected chi connectivity index (χ3v) is 7.46. The van der Waals surface area contributed by atoms with Crippen molar-refractivity contribution in [3.8, 4) is 5.75 Å². The Bertz CT molecular complexity index is 1630. The number of nitrogens with zero attached hydrogens (tertiary/aromatic N) is 2. The molecule has 1 atom stereocenters. The van der Waals surface area contributed by atoms with Crippen LogP contribution in [0.25, 0.3) is 10.9 Å². The summed E-state index contributed by atoms with van der Waals surface area (Å²) in [5.41, 5.74) is 2.08. The lowest BCUT2D eigenvalue weighted by molar-refractivity contribution is 0.0341. The lowest BCUT2D eigenvalue weighted by Crippen LogP contribution is -2.36. The van der Waals surface area contributed by atoms with Crippen LogP contribution in [0.4, 0.5) is 8.78 Å². The molecule has 0 aliphatic carbocycles. The van der Waals surface area contributed by atoms with E-state index in [-0.39, 0.29) is 18.7 Å². The van der Waals surface area contributed by atoms with Crippen molar-refractivity contribution in [2.75, 3.05) is 26.3 Å². The Labute approximate surface area is 233 Å². The zero-order valence-corrected chi connectivity index (χ0v) is 22.2. The topological polar surface area (TPSA) is 72.8 Å². The molecule has 1 fully saturated rings. The van der Waals surface area contributed by atoms with Gasteiger partial charge in [-0.2, -0.15) is 0 Å². The lowest BCUT2D eigenvalue weighted by atomic mass is 10.0. The van der Waals surface area contributed by atoms with Crippen LogP contribution in [0.1, 0.15) is 33.2 Å². The van der Waals surface area contributed by atoms with E-state index in [1.54, 1.807) is 34.9 Å². The molecular formula is C30H26ClF2N3O4.